The minimum absolute atomic E-state index is 0.0378. The Labute approximate surface area is 150 Å². The van der Waals surface area contributed by atoms with Crippen LogP contribution in [0.15, 0.2) is 30.3 Å². The summed E-state index contributed by atoms with van der Waals surface area (Å²) in [4.78, 5) is 18.3. The number of fused-ring (bicyclic) bond motifs is 1. The molecule has 2 heterocycles. The Balaban J connectivity index is 1.20. The van der Waals surface area contributed by atoms with Gasteiger partial charge in [-0.2, -0.15) is 0 Å². The molecule has 4 aliphatic carbocycles. The van der Waals surface area contributed by atoms with Crippen LogP contribution in [-0.2, 0) is 4.79 Å². The van der Waals surface area contributed by atoms with Crippen molar-refractivity contribution in [3.8, 4) is 0 Å². The maximum Gasteiger partial charge on any atom is 0.228 e. The number of anilines is 1. The van der Waals surface area contributed by atoms with Crippen molar-refractivity contribution < 1.29 is 4.79 Å². The van der Waals surface area contributed by atoms with Crippen molar-refractivity contribution in [1.29, 1.82) is 0 Å². The van der Waals surface area contributed by atoms with Crippen molar-refractivity contribution in [2.75, 3.05) is 24.5 Å². The first-order chi connectivity index (χ1) is 12.2. The van der Waals surface area contributed by atoms with Crippen LogP contribution in [0.4, 0.5) is 5.69 Å². The van der Waals surface area contributed by atoms with E-state index in [9.17, 15) is 4.79 Å². The summed E-state index contributed by atoms with van der Waals surface area (Å²) in [6.07, 6.45) is 7.85. The molecule has 3 nitrogen and oxygen atoms in total. The molecule has 0 aromatic heterocycles. The number of carbonyl (C=O) groups is 1. The molecule has 6 aliphatic rings. The topological polar surface area (TPSA) is 23.6 Å². The zero-order chi connectivity index (χ0) is 16.6. The highest BCUT2D eigenvalue weighted by Gasteiger charge is 2.57. The van der Waals surface area contributed by atoms with Gasteiger partial charge in [0.15, 0.2) is 0 Å². The fourth-order valence-corrected chi connectivity index (χ4v) is 7.43. The van der Waals surface area contributed by atoms with Gasteiger partial charge in [0.1, 0.15) is 0 Å². The van der Waals surface area contributed by atoms with Gasteiger partial charge >= 0.3 is 0 Å². The summed E-state index contributed by atoms with van der Waals surface area (Å²) in [6, 6.07) is 11.3. The predicted octanol–water partition coefficient (Wildman–Crippen LogP) is 3.55. The van der Waals surface area contributed by atoms with Gasteiger partial charge in [0, 0.05) is 31.2 Å². The lowest BCUT2D eigenvalue weighted by atomic mass is 9.49. The maximum atomic E-state index is 13.6. The third kappa shape index (κ3) is 2.07. The molecule has 0 N–H and O–H groups in total. The molecule has 1 amide bonds. The lowest BCUT2D eigenvalue weighted by Gasteiger charge is -2.56. The maximum absolute atomic E-state index is 13.6. The number of hydrogen-bond donors (Lipinski definition) is 0. The van der Waals surface area contributed by atoms with Crippen LogP contribution in [0.3, 0.4) is 0 Å². The molecule has 3 heteroatoms. The third-order valence-electron chi connectivity index (χ3n) is 8.10. The Kier molecular flexibility index (Phi) is 2.94. The molecular weight excluding hydrogens is 308 g/mol. The summed E-state index contributed by atoms with van der Waals surface area (Å²) >= 11 is 0. The van der Waals surface area contributed by atoms with Gasteiger partial charge in [-0.1, -0.05) is 18.2 Å². The first-order valence-corrected chi connectivity index (χ1v) is 10.3. The second-order valence-corrected chi connectivity index (χ2v) is 9.72. The summed E-state index contributed by atoms with van der Waals surface area (Å²) in [6.45, 7) is 3.09. The zero-order valence-electron chi connectivity index (χ0n) is 14.9. The molecule has 25 heavy (non-hydrogen) atoms. The van der Waals surface area contributed by atoms with Crippen LogP contribution < -0.4 is 4.90 Å². The lowest BCUT2D eigenvalue weighted by Crippen LogP contribution is -2.56. The van der Waals surface area contributed by atoms with Crippen LogP contribution in [0.1, 0.15) is 38.5 Å². The average Bonchev–Trinajstić information content (AvgIpc) is 2.91. The quantitative estimate of drug-likeness (QED) is 0.824. The SMILES string of the molecule is O=C(N1C[C@@H]2CN(c3ccccc3)[C@@H]2C1)C12CC3CC(CC(C3)C1)C2. The minimum atomic E-state index is 0.0378. The second kappa shape index (κ2) is 5.02. The summed E-state index contributed by atoms with van der Waals surface area (Å²) in [5, 5.41) is 0. The van der Waals surface area contributed by atoms with Gasteiger partial charge in [0.05, 0.1) is 11.5 Å². The Bertz CT molecular complexity index is 664. The normalized spacial score (nSPS) is 43.9. The smallest absolute Gasteiger partial charge is 0.228 e. The molecule has 4 saturated carbocycles. The van der Waals surface area contributed by atoms with Crippen LogP contribution in [-0.4, -0.2) is 36.5 Å². The van der Waals surface area contributed by atoms with E-state index < -0.39 is 0 Å². The standard InChI is InChI=1S/C22H28N2O/c25-21(22-9-15-6-16(10-22)8-17(7-15)11-22)23-12-18-13-24(20(18)14-23)19-4-2-1-3-5-19/h1-5,15-18,20H,6-14H2/t15?,16?,17?,18-,20-,22?/m1/s1. The summed E-state index contributed by atoms with van der Waals surface area (Å²) in [5.41, 5.74) is 1.36. The van der Waals surface area contributed by atoms with Crippen LogP contribution in [0, 0.1) is 29.1 Å². The highest BCUT2D eigenvalue weighted by molar-refractivity contribution is 5.84. The number of likely N-dealkylation sites (tertiary alicyclic amines) is 1. The van der Waals surface area contributed by atoms with Crippen LogP contribution >= 0.6 is 0 Å². The monoisotopic (exact) mass is 336 g/mol. The highest BCUT2D eigenvalue weighted by Crippen LogP contribution is 2.60. The van der Waals surface area contributed by atoms with E-state index in [0.717, 1.165) is 37.4 Å². The Morgan fingerprint density at radius 2 is 1.52 bits per heavy atom. The van der Waals surface area contributed by atoms with Crippen molar-refractivity contribution in [3.63, 3.8) is 0 Å². The molecule has 132 valence electrons. The Morgan fingerprint density at radius 3 is 2.16 bits per heavy atom. The van der Waals surface area contributed by atoms with Gasteiger partial charge in [-0.3, -0.25) is 4.79 Å². The van der Waals surface area contributed by atoms with Crippen LogP contribution in [0.25, 0.3) is 0 Å². The fourth-order valence-electron chi connectivity index (χ4n) is 7.43. The molecule has 2 saturated heterocycles. The number of amides is 1. The Morgan fingerprint density at radius 1 is 0.880 bits per heavy atom. The number of para-hydroxylation sites is 1. The molecule has 2 aliphatic heterocycles. The first-order valence-electron chi connectivity index (χ1n) is 10.3. The van der Waals surface area contributed by atoms with E-state index >= 15 is 0 Å². The van der Waals surface area contributed by atoms with Crippen molar-refractivity contribution in [2.24, 2.45) is 29.1 Å². The summed E-state index contributed by atoms with van der Waals surface area (Å²) < 4.78 is 0. The molecule has 4 bridgehead atoms. The van der Waals surface area contributed by atoms with Crippen LogP contribution in [0.5, 0.6) is 0 Å². The molecule has 2 atom stereocenters. The Hall–Kier alpha value is -1.51. The van der Waals surface area contributed by atoms with E-state index in [0.29, 0.717) is 17.9 Å². The highest BCUT2D eigenvalue weighted by atomic mass is 16.2. The zero-order valence-corrected chi connectivity index (χ0v) is 14.9. The lowest BCUT2D eigenvalue weighted by molar-refractivity contribution is -0.156. The number of nitrogens with zero attached hydrogens (tertiary/aromatic N) is 2. The van der Waals surface area contributed by atoms with E-state index in [1.165, 1.54) is 44.2 Å². The minimum Gasteiger partial charge on any atom is -0.366 e. The molecule has 0 radical (unpaired) electrons. The number of rotatable bonds is 2. The predicted molar refractivity (Wildman–Crippen MR) is 98.3 cm³/mol. The van der Waals surface area contributed by atoms with Crippen molar-refractivity contribution >= 4 is 11.6 Å². The number of hydrogen-bond acceptors (Lipinski definition) is 2. The number of carbonyl (C=O) groups excluding carboxylic acids is 1. The number of benzene rings is 1. The molecule has 0 spiro atoms. The van der Waals surface area contributed by atoms with E-state index in [1.54, 1.807) is 0 Å². The van der Waals surface area contributed by atoms with Gasteiger partial charge in [0.25, 0.3) is 0 Å². The van der Waals surface area contributed by atoms with Gasteiger partial charge in [-0.25, -0.2) is 0 Å². The first kappa shape index (κ1) is 14.6. The van der Waals surface area contributed by atoms with E-state index in [2.05, 4.69) is 40.1 Å². The van der Waals surface area contributed by atoms with Gasteiger partial charge < -0.3 is 9.80 Å². The largest absolute Gasteiger partial charge is 0.366 e. The van der Waals surface area contributed by atoms with E-state index in [4.69, 9.17) is 0 Å². The summed E-state index contributed by atoms with van der Waals surface area (Å²) in [7, 11) is 0. The van der Waals surface area contributed by atoms with Gasteiger partial charge in [0.2, 0.25) is 5.91 Å². The molecular formula is C22H28N2O. The van der Waals surface area contributed by atoms with Gasteiger partial charge in [-0.05, 0) is 68.4 Å². The van der Waals surface area contributed by atoms with Crippen LogP contribution in [0.2, 0.25) is 0 Å². The molecule has 1 aromatic carbocycles. The fraction of sp³-hybridized carbons (Fsp3) is 0.682. The average molecular weight is 336 g/mol. The van der Waals surface area contributed by atoms with Crippen molar-refractivity contribution in [3.05, 3.63) is 30.3 Å². The molecule has 7 rings (SSSR count). The molecule has 0 unspecified atom stereocenters. The van der Waals surface area contributed by atoms with Crippen molar-refractivity contribution in [1.82, 2.24) is 4.90 Å². The van der Waals surface area contributed by atoms with Gasteiger partial charge in [-0.15, -0.1) is 0 Å². The molecule has 6 fully saturated rings. The molecule has 1 aromatic rings. The van der Waals surface area contributed by atoms with Crippen molar-refractivity contribution in [2.45, 2.75) is 44.6 Å². The summed E-state index contributed by atoms with van der Waals surface area (Å²) in [5.74, 6) is 3.80. The second-order valence-electron chi connectivity index (χ2n) is 9.72. The van der Waals surface area contributed by atoms with E-state index in [-0.39, 0.29) is 5.41 Å². The van der Waals surface area contributed by atoms with E-state index in [1.807, 2.05) is 0 Å². The third-order valence-corrected chi connectivity index (χ3v) is 8.10.